The highest BCUT2D eigenvalue weighted by Crippen LogP contribution is 2.19. The van der Waals surface area contributed by atoms with Gasteiger partial charge in [0, 0.05) is 17.5 Å². The van der Waals surface area contributed by atoms with Crippen LogP contribution in [-0.2, 0) is 0 Å². The number of nitrogens with two attached hydrogens (primary N) is 1. The van der Waals surface area contributed by atoms with E-state index >= 15 is 0 Å². The van der Waals surface area contributed by atoms with E-state index in [0.29, 0.717) is 0 Å². The Morgan fingerprint density at radius 3 is 2.20 bits per heavy atom. The summed E-state index contributed by atoms with van der Waals surface area (Å²) >= 11 is 0. The predicted molar refractivity (Wildman–Crippen MR) is 83.2 cm³/mol. The van der Waals surface area contributed by atoms with Crippen LogP contribution in [0.15, 0.2) is 24.3 Å². The topological polar surface area (TPSA) is 52.3 Å². The number of Topliss-reactive ketones (excluding diaryl/α,β-unsaturated/α-hetero) is 1. The van der Waals surface area contributed by atoms with Gasteiger partial charge >= 0.3 is 0 Å². The van der Waals surface area contributed by atoms with Crippen LogP contribution in [0.3, 0.4) is 0 Å². The Hall–Kier alpha value is -1.35. The molecule has 1 aromatic rings. The highest BCUT2D eigenvalue weighted by Gasteiger charge is 2.15. The first-order chi connectivity index (χ1) is 9.40. The first-order valence-electron chi connectivity index (χ1n) is 7.46. The molecule has 0 saturated heterocycles. The summed E-state index contributed by atoms with van der Waals surface area (Å²) < 4.78 is 5.58. The van der Waals surface area contributed by atoms with Gasteiger partial charge in [-0.3, -0.25) is 4.79 Å². The maximum atomic E-state index is 12.3. The molecular formula is C17H27NO2. The van der Waals surface area contributed by atoms with Crippen LogP contribution in [-0.4, -0.2) is 17.9 Å². The van der Waals surface area contributed by atoms with Crippen LogP contribution in [0.2, 0.25) is 0 Å². The monoisotopic (exact) mass is 277 g/mol. The standard InChI is InChI=1S/C17H27NO2/c1-12(2)20-16-10-8-15(9-11-16)17(19)13(3)6-5-7-14(4)18/h8-14H,5-7,18H2,1-4H3. The van der Waals surface area contributed by atoms with Gasteiger partial charge in [-0.2, -0.15) is 0 Å². The molecule has 1 aromatic carbocycles. The molecule has 0 fully saturated rings. The molecule has 112 valence electrons. The minimum atomic E-state index is 0.0469. The summed E-state index contributed by atoms with van der Waals surface area (Å²) in [6.07, 6.45) is 3.01. The summed E-state index contributed by atoms with van der Waals surface area (Å²) in [5.41, 5.74) is 6.48. The Morgan fingerprint density at radius 2 is 1.70 bits per heavy atom. The van der Waals surface area contributed by atoms with Crippen molar-refractivity contribution < 1.29 is 9.53 Å². The smallest absolute Gasteiger partial charge is 0.165 e. The van der Waals surface area contributed by atoms with Gasteiger partial charge < -0.3 is 10.5 Å². The van der Waals surface area contributed by atoms with Crippen LogP contribution >= 0.6 is 0 Å². The molecule has 2 unspecified atom stereocenters. The summed E-state index contributed by atoms with van der Waals surface area (Å²) in [6.45, 7) is 7.96. The number of hydrogen-bond donors (Lipinski definition) is 1. The van der Waals surface area contributed by atoms with Crippen molar-refractivity contribution in [1.29, 1.82) is 0 Å². The van der Waals surface area contributed by atoms with Crippen LogP contribution < -0.4 is 10.5 Å². The van der Waals surface area contributed by atoms with Crippen LogP contribution in [0.5, 0.6) is 5.75 Å². The largest absolute Gasteiger partial charge is 0.491 e. The Labute approximate surface area is 122 Å². The first kappa shape index (κ1) is 16.7. The van der Waals surface area contributed by atoms with Crippen molar-refractivity contribution >= 4 is 5.78 Å². The van der Waals surface area contributed by atoms with Gasteiger partial charge in [0.2, 0.25) is 0 Å². The molecule has 0 aliphatic rings. The normalized spacial score (nSPS) is 14.1. The third-order valence-electron chi connectivity index (χ3n) is 3.25. The Balaban J connectivity index is 2.54. The number of benzene rings is 1. The lowest BCUT2D eigenvalue weighted by molar-refractivity contribution is 0.0922. The third kappa shape index (κ3) is 5.74. The molecular weight excluding hydrogens is 250 g/mol. The Morgan fingerprint density at radius 1 is 1.10 bits per heavy atom. The molecule has 0 amide bonds. The van der Waals surface area contributed by atoms with Crippen LogP contribution in [0.25, 0.3) is 0 Å². The van der Waals surface area contributed by atoms with Crippen molar-refractivity contribution in [2.45, 2.75) is 59.1 Å². The van der Waals surface area contributed by atoms with Gasteiger partial charge in [-0.25, -0.2) is 0 Å². The van der Waals surface area contributed by atoms with Crippen LogP contribution in [0, 0.1) is 5.92 Å². The second-order valence-corrected chi connectivity index (χ2v) is 5.86. The van der Waals surface area contributed by atoms with Crippen molar-refractivity contribution in [2.24, 2.45) is 11.7 Å². The highest BCUT2D eigenvalue weighted by atomic mass is 16.5. The molecule has 0 bridgehead atoms. The average Bonchev–Trinajstić information content (AvgIpc) is 2.37. The summed E-state index contributed by atoms with van der Waals surface area (Å²) in [4.78, 5) is 12.3. The minimum Gasteiger partial charge on any atom is -0.491 e. The number of carbonyl (C=O) groups is 1. The van der Waals surface area contributed by atoms with Crippen molar-refractivity contribution in [3.05, 3.63) is 29.8 Å². The fourth-order valence-corrected chi connectivity index (χ4v) is 2.13. The zero-order valence-corrected chi connectivity index (χ0v) is 13.1. The van der Waals surface area contributed by atoms with Gasteiger partial charge in [0.05, 0.1) is 6.10 Å². The van der Waals surface area contributed by atoms with Crippen molar-refractivity contribution in [3.63, 3.8) is 0 Å². The lowest BCUT2D eigenvalue weighted by atomic mass is 9.93. The van der Waals surface area contributed by atoms with E-state index in [0.717, 1.165) is 30.6 Å². The third-order valence-corrected chi connectivity index (χ3v) is 3.25. The molecule has 1 rings (SSSR count). The summed E-state index contributed by atoms with van der Waals surface area (Å²) in [5, 5.41) is 0. The molecule has 0 aliphatic carbocycles. The molecule has 20 heavy (non-hydrogen) atoms. The number of hydrogen-bond acceptors (Lipinski definition) is 3. The molecule has 0 saturated carbocycles. The van der Waals surface area contributed by atoms with Gasteiger partial charge in [0.1, 0.15) is 5.75 Å². The number of ketones is 1. The summed E-state index contributed by atoms with van der Waals surface area (Å²) in [7, 11) is 0. The van der Waals surface area contributed by atoms with Crippen molar-refractivity contribution in [2.75, 3.05) is 0 Å². The van der Waals surface area contributed by atoms with Gasteiger partial charge in [0.25, 0.3) is 0 Å². The van der Waals surface area contributed by atoms with Gasteiger partial charge in [-0.15, -0.1) is 0 Å². The van der Waals surface area contributed by atoms with Crippen LogP contribution in [0.1, 0.15) is 57.3 Å². The molecule has 0 aromatic heterocycles. The molecule has 0 aliphatic heterocycles. The zero-order chi connectivity index (χ0) is 15.1. The molecule has 0 radical (unpaired) electrons. The van der Waals surface area contributed by atoms with E-state index in [1.165, 1.54) is 0 Å². The minimum absolute atomic E-state index is 0.0469. The summed E-state index contributed by atoms with van der Waals surface area (Å²) in [5.74, 6) is 1.05. The lowest BCUT2D eigenvalue weighted by Crippen LogP contribution is -2.16. The average molecular weight is 277 g/mol. The second-order valence-electron chi connectivity index (χ2n) is 5.86. The van der Waals surface area contributed by atoms with Gasteiger partial charge in [0.15, 0.2) is 5.78 Å². The highest BCUT2D eigenvalue weighted by molar-refractivity contribution is 5.97. The molecule has 2 N–H and O–H groups in total. The Kier molecular flexibility index (Phi) is 6.73. The molecule has 3 heteroatoms. The maximum absolute atomic E-state index is 12.3. The summed E-state index contributed by atoms with van der Waals surface area (Å²) in [6, 6.07) is 7.64. The molecule has 0 heterocycles. The second kappa shape index (κ2) is 8.05. The molecule has 3 nitrogen and oxygen atoms in total. The quantitative estimate of drug-likeness (QED) is 0.735. The maximum Gasteiger partial charge on any atom is 0.165 e. The van der Waals surface area contributed by atoms with Crippen molar-refractivity contribution in [1.82, 2.24) is 0 Å². The number of rotatable bonds is 8. The number of carbonyl (C=O) groups excluding carboxylic acids is 1. The number of ether oxygens (including phenoxy) is 1. The zero-order valence-electron chi connectivity index (χ0n) is 13.1. The van der Waals surface area contributed by atoms with Gasteiger partial charge in [-0.05, 0) is 57.9 Å². The SMILES string of the molecule is CC(N)CCCC(C)C(=O)c1ccc(OC(C)C)cc1. The molecule has 0 spiro atoms. The van der Waals surface area contributed by atoms with E-state index in [4.69, 9.17) is 10.5 Å². The van der Waals surface area contributed by atoms with E-state index in [9.17, 15) is 4.79 Å². The molecule has 2 atom stereocenters. The van der Waals surface area contributed by atoms with E-state index < -0.39 is 0 Å². The van der Waals surface area contributed by atoms with Gasteiger partial charge in [-0.1, -0.05) is 13.3 Å². The van der Waals surface area contributed by atoms with E-state index in [1.807, 2.05) is 52.0 Å². The fourth-order valence-electron chi connectivity index (χ4n) is 2.13. The van der Waals surface area contributed by atoms with Crippen molar-refractivity contribution in [3.8, 4) is 5.75 Å². The lowest BCUT2D eigenvalue weighted by Gasteiger charge is -2.13. The van der Waals surface area contributed by atoms with E-state index in [2.05, 4.69) is 0 Å². The predicted octanol–water partition coefficient (Wildman–Crippen LogP) is 3.81. The first-order valence-corrected chi connectivity index (χ1v) is 7.46. The Bertz CT molecular complexity index is 410. The fraction of sp³-hybridized carbons (Fsp3) is 0.588. The van der Waals surface area contributed by atoms with E-state index in [-0.39, 0.29) is 23.8 Å². The van der Waals surface area contributed by atoms with Crippen LogP contribution in [0.4, 0.5) is 0 Å². The van der Waals surface area contributed by atoms with E-state index in [1.54, 1.807) is 0 Å².